The first kappa shape index (κ1) is 22.9. The van der Waals surface area contributed by atoms with E-state index < -0.39 is 42.3 Å². The molecule has 0 aromatic carbocycles. The molecule has 0 saturated carbocycles. The van der Waals surface area contributed by atoms with E-state index in [9.17, 15) is 24.0 Å². The SMILES string of the molecule is C=C(N[C@H](C=O)CC(=O)O)C1CCCN2C(=O)CCC(NC(=O)c3ccccn3)C(=O)N12. The van der Waals surface area contributed by atoms with Crippen molar-refractivity contribution in [1.82, 2.24) is 25.6 Å². The van der Waals surface area contributed by atoms with Gasteiger partial charge in [-0.25, -0.2) is 5.01 Å². The van der Waals surface area contributed by atoms with Crippen molar-refractivity contribution in [3.05, 3.63) is 42.4 Å². The molecule has 11 heteroatoms. The van der Waals surface area contributed by atoms with E-state index in [4.69, 9.17) is 5.11 Å². The summed E-state index contributed by atoms with van der Waals surface area (Å²) < 4.78 is 0. The van der Waals surface area contributed by atoms with Crippen LogP contribution < -0.4 is 10.6 Å². The summed E-state index contributed by atoms with van der Waals surface area (Å²) in [7, 11) is 0. The molecular weight excluding hydrogens is 418 g/mol. The summed E-state index contributed by atoms with van der Waals surface area (Å²) in [5, 5.41) is 17.0. The van der Waals surface area contributed by atoms with Crippen LogP contribution in [-0.4, -0.2) is 74.8 Å². The summed E-state index contributed by atoms with van der Waals surface area (Å²) in [6.45, 7) is 4.23. The number of pyridine rings is 1. The number of nitrogens with zero attached hydrogens (tertiary/aromatic N) is 3. The summed E-state index contributed by atoms with van der Waals surface area (Å²) in [4.78, 5) is 64.9. The van der Waals surface area contributed by atoms with Crippen LogP contribution in [0.3, 0.4) is 0 Å². The monoisotopic (exact) mass is 443 g/mol. The maximum absolute atomic E-state index is 13.4. The van der Waals surface area contributed by atoms with Crippen molar-refractivity contribution in [3.63, 3.8) is 0 Å². The predicted octanol–water partition coefficient (Wildman–Crippen LogP) is -0.146. The summed E-state index contributed by atoms with van der Waals surface area (Å²) in [6, 6.07) is 2.19. The number of carboxylic acid groups (broad SMARTS) is 1. The molecule has 0 spiro atoms. The van der Waals surface area contributed by atoms with Crippen LogP contribution in [0.4, 0.5) is 0 Å². The summed E-state index contributed by atoms with van der Waals surface area (Å²) in [5.74, 6) is -2.43. The minimum atomic E-state index is -1.16. The smallest absolute Gasteiger partial charge is 0.305 e. The zero-order valence-electron chi connectivity index (χ0n) is 17.4. The Bertz CT molecular complexity index is 921. The highest BCUT2D eigenvalue weighted by atomic mass is 16.4. The standard InChI is InChI=1S/C21H25N5O6/c1-13(23-14(12-27)11-19(29)30)17-6-4-10-25-18(28)8-7-16(21(32)26(17)25)24-20(31)15-5-2-3-9-22-15/h2-3,5,9,12,14,16-17,23H,1,4,6-8,10-11H2,(H,24,31)(H,29,30)/t14-,16?,17?/m0/s1. The topological polar surface area (TPSA) is 149 Å². The number of fused-ring (bicyclic) bond motifs is 1. The van der Waals surface area contributed by atoms with Crippen molar-refractivity contribution in [3.8, 4) is 0 Å². The fourth-order valence-electron chi connectivity index (χ4n) is 3.87. The van der Waals surface area contributed by atoms with Gasteiger partial charge in [-0.05, 0) is 31.4 Å². The van der Waals surface area contributed by atoms with Crippen LogP contribution in [0, 0.1) is 0 Å². The van der Waals surface area contributed by atoms with Gasteiger partial charge in [-0.15, -0.1) is 0 Å². The molecule has 2 unspecified atom stereocenters. The molecule has 2 aliphatic heterocycles. The van der Waals surface area contributed by atoms with Gasteiger partial charge in [0.1, 0.15) is 18.0 Å². The van der Waals surface area contributed by atoms with Gasteiger partial charge in [-0.3, -0.25) is 29.2 Å². The Labute approximate surface area is 184 Å². The van der Waals surface area contributed by atoms with E-state index in [2.05, 4.69) is 22.2 Å². The molecule has 32 heavy (non-hydrogen) atoms. The van der Waals surface area contributed by atoms with Crippen molar-refractivity contribution in [1.29, 1.82) is 0 Å². The van der Waals surface area contributed by atoms with Gasteiger partial charge in [0, 0.05) is 24.9 Å². The minimum Gasteiger partial charge on any atom is -0.481 e. The van der Waals surface area contributed by atoms with Gasteiger partial charge in [-0.1, -0.05) is 12.6 Å². The lowest BCUT2D eigenvalue weighted by atomic mass is 10.0. The third-order valence-electron chi connectivity index (χ3n) is 5.40. The van der Waals surface area contributed by atoms with Crippen molar-refractivity contribution < 1.29 is 29.1 Å². The second-order valence-corrected chi connectivity index (χ2v) is 7.65. The maximum Gasteiger partial charge on any atom is 0.305 e. The Morgan fingerprint density at radius 3 is 2.75 bits per heavy atom. The van der Waals surface area contributed by atoms with Gasteiger partial charge in [0.05, 0.1) is 18.5 Å². The van der Waals surface area contributed by atoms with Crippen molar-refractivity contribution in [2.75, 3.05) is 6.54 Å². The normalized spacial score (nSPS) is 21.8. The van der Waals surface area contributed by atoms with Crippen LogP contribution >= 0.6 is 0 Å². The fraction of sp³-hybridized carbons (Fsp3) is 0.429. The molecule has 3 amide bonds. The summed E-state index contributed by atoms with van der Waals surface area (Å²) in [5.41, 5.74) is 0.405. The number of hydrogen-bond acceptors (Lipinski definition) is 7. The molecule has 0 bridgehead atoms. The van der Waals surface area contributed by atoms with Gasteiger partial charge >= 0.3 is 5.97 Å². The second-order valence-electron chi connectivity index (χ2n) is 7.65. The number of amides is 3. The lowest BCUT2D eigenvalue weighted by Crippen LogP contribution is -2.61. The molecule has 2 fully saturated rings. The number of carboxylic acids is 1. The van der Waals surface area contributed by atoms with Crippen LogP contribution in [0.15, 0.2) is 36.7 Å². The Kier molecular flexibility index (Phi) is 7.18. The Hall–Kier alpha value is -3.76. The Balaban J connectivity index is 1.81. The molecule has 3 rings (SSSR count). The first-order chi connectivity index (χ1) is 15.3. The first-order valence-corrected chi connectivity index (χ1v) is 10.3. The van der Waals surface area contributed by atoms with Crippen LogP contribution in [0.25, 0.3) is 0 Å². The number of rotatable bonds is 8. The van der Waals surface area contributed by atoms with E-state index in [0.29, 0.717) is 25.7 Å². The average molecular weight is 443 g/mol. The van der Waals surface area contributed by atoms with E-state index in [-0.39, 0.29) is 30.1 Å². The number of aldehydes is 1. The number of nitrogens with one attached hydrogen (secondary N) is 2. The molecule has 3 N–H and O–H groups in total. The van der Waals surface area contributed by atoms with E-state index in [1.807, 2.05) is 0 Å². The van der Waals surface area contributed by atoms with Gasteiger partial charge in [0.15, 0.2) is 0 Å². The summed E-state index contributed by atoms with van der Waals surface area (Å²) in [6.07, 6.45) is 2.73. The molecule has 3 atom stereocenters. The third-order valence-corrected chi connectivity index (χ3v) is 5.40. The van der Waals surface area contributed by atoms with E-state index in [0.717, 1.165) is 0 Å². The lowest BCUT2D eigenvalue weighted by Gasteiger charge is -2.44. The number of aliphatic carboxylic acids is 1. The molecule has 1 aromatic heterocycles. The van der Waals surface area contributed by atoms with Crippen LogP contribution in [-0.2, 0) is 19.2 Å². The molecule has 0 radical (unpaired) electrons. The van der Waals surface area contributed by atoms with Gasteiger partial charge in [-0.2, -0.15) is 0 Å². The Morgan fingerprint density at radius 1 is 1.31 bits per heavy atom. The largest absolute Gasteiger partial charge is 0.481 e. The van der Waals surface area contributed by atoms with Gasteiger partial charge in [0.25, 0.3) is 11.8 Å². The number of carbonyl (C=O) groups excluding carboxylic acids is 4. The number of aromatic nitrogens is 1. The molecule has 3 heterocycles. The van der Waals surface area contributed by atoms with Crippen molar-refractivity contribution >= 4 is 30.0 Å². The van der Waals surface area contributed by atoms with Crippen LogP contribution in [0.2, 0.25) is 0 Å². The fourth-order valence-corrected chi connectivity index (χ4v) is 3.87. The van der Waals surface area contributed by atoms with E-state index >= 15 is 0 Å². The lowest BCUT2D eigenvalue weighted by molar-refractivity contribution is -0.171. The highest BCUT2D eigenvalue weighted by molar-refractivity contribution is 5.97. The molecule has 2 aliphatic rings. The van der Waals surface area contributed by atoms with Crippen molar-refractivity contribution in [2.45, 2.75) is 50.2 Å². The number of hydrogen-bond donors (Lipinski definition) is 3. The molecule has 0 aliphatic carbocycles. The van der Waals surface area contributed by atoms with Crippen molar-refractivity contribution in [2.24, 2.45) is 0 Å². The summed E-state index contributed by atoms with van der Waals surface area (Å²) >= 11 is 0. The van der Waals surface area contributed by atoms with E-state index in [1.54, 1.807) is 12.1 Å². The number of carbonyl (C=O) groups is 5. The van der Waals surface area contributed by atoms with E-state index in [1.165, 1.54) is 22.3 Å². The maximum atomic E-state index is 13.4. The van der Waals surface area contributed by atoms with Crippen LogP contribution in [0.5, 0.6) is 0 Å². The quantitative estimate of drug-likeness (QED) is 0.470. The molecule has 2 saturated heterocycles. The average Bonchev–Trinajstić information content (AvgIpc) is 2.90. The highest BCUT2D eigenvalue weighted by Crippen LogP contribution is 2.27. The molecule has 11 nitrogen and oxygen atoms in total. The van der Waals surface area contributed by atoms with Gasteiger partial charge < -0.3 is 20.5 Å². The Morgan fingerprint density at radius 2 is 2.09 bits per heavy atom. The van der Waals surface area contributed by atoms with Gasteiger partial charge in [0.2, 0.25) is 5.91 Å². The third kappa shape index (κ3) is 5.10. The number of hydrazine groups is 1. The zero-order chi connectivity index (χ0) is 23.3. The minimum absolute atomic E-state index is 0.0675. The predicted molar refractivity (Wildman–Crippen MR) is 111 cm³/mol. The second kappa shape index (κ2) is 10.0. The van der Waals surface area contributed by atoms with Crippen LogP contribution in [0.1, 0.15) is 42.6 Å². The highest BCUT2D eigenvalue weighted by Gasteiger charge is 2.43. The molecular formula is C21H25N5O6. The molecule has 1 aromatic rings. The first-order valence-electron chi connectivity index (χ1n) is 10.3. The molecule has 170 valence electrons. The zero-order valence-corrected chi connectivity index (χ0v) is 17.4.